The molecule has 1 rings (SSSR count). The molecule has 1 aromatic heterocycles. The number of rotatable bonds is 5. The van der Waals surface area contributed by atoms with E-state index < -0.39 is 5.56 Å². The van der Waals surface area contributed by atoms with Gasteiger partial charge in [-0.2, -0.15) is 0 Å². The van der Waals surface area contributed by atoms with E-state index in [0.29, 0.717) is 6.54 Å². The first-order valence-corrected chi connectivity index (χ1v) is 5.64. The molecule has 0 saturated heterocycles. The lowest BCUT2D eigenvalue weighted by atomic mass is 10.2. The number of esters is 1. The molecule has 1 aromatic rings. The van der Waals surface area contributed by atoms with Crippen molar-refractivity contribution in [2.75, 3.05) is 20.2 Å². The number of hydrogen-bond donors (Lipinski definition) is 1. The van der Waals surface area contributed by atoms with E-state index in [1.165, 1.54) is 24.3 Å². The van der Waals surface area contributed by atoms with E-state index in [4.69, 9.17) is 0 Å². The normalized spacial score (nSPS) is 9.89. The zero-order valence-electron chi connectivity index (χ0n) is 10.4. The number of ether oxygens (including phenoxy) is 1. The van der Waals surface area contributed by atoms with Crippen molar-refractivity contribution in [3.8, 4) is 0 Å². The zero-order chi connectivity index (χ0) is 13.5. The Bertz CT molecular complexity index is 481. The van der Waals surface area contributed by atoms with Gasteiger partial charge in [-0.05, 0) is 19.1 Å². The van der Waals surface area contributed by atoms with Crippen molar-refractivity contribution < 1.29 is 14.3 Å². The van der Waals surface area contributed by atoms with Crippen LogP contribution < -0.4 is 5.56 Å². The Morgan fingerprint density at radius 1 is 1.44 bits per heavy atom. The van der Waals surface area contributed by atoms with Gasteiger partial charge in [-0.1, -0.05) is 0 Å². The number of pyridine rings is 1. The highest BCUT2D eigenvalue weighted by atomic mass is 16.5. The van der Waals surface area contributed by atoms with Crippen LogP contribution in [0.4, 0.5) is 0 Å². The Hall–Kier alpha value is -2.11. The molecule has 0 atom stereocenters. The quantitative estimate of drug-likeness (QED) is 0.769. The second-order valence-electron chi connectivity index (χ2n) is 3.62. The molecule has 0 aliphatic rings. The highest BCUT2D eigenvalue weighted by Crippen LogP contribution is 2.01. The van der Waals surface area contributed by atoms with Gasteiger partial charge in [-0.15, -0.1) is 0 Å². The Labute approximate surface area is 105 Å². The molecule has 0 radical (unpaired) electrons. The molecule has 1 heterocycles. The van der Waals surface area contributed by atoms with Crippen molar-refractivity contribution >= 4 is 11.9 Å². The van der Waals surface area contributed by atoms with Crippen LogP contribution in [0.15, 0.2) is 23.1 Å². The van der Waals surface area contributed by atoms with Gasteiger partial charge in [0.05, 0.1) is 13.5 Å². The smallest absolute Gasteiger partial charge is 0.307 e. The fourth-order valence-corrected chi connectivity index (χ4v) is 1.49. The van der Waals surface area contributed by atoms with Gasteiger partial charge in [0, 0.05) is 19.3 Å². The van der Waals surface area contributed by atoms with E-state index in [1.807, 2.05) is 0 Å². The highest BCUT2D eigenvalue weighted by Gasteiger charge is 2.17. The number of nitrogens with zero attached hydrogens (tertiary/aromatic N) is 1. The largest absolute Gasteiger partial charge is 0.469 e. The molecular formula is C12H16N2O4. The van der Waals surface area contributed by atoms with Crippen LogP contribution in [0, 0.1) is 0 Å². The van der Waals surface area contributed by atoms with E-state index in [0.717, 1.165) is 0 Å². The third-order valence-corrected chi connectivity index (χ3v) is 2.53. The molecule has 0 aromatic carbocycles. The lowest BCUT2D eigenvalue weighted by Gasteiger charge is -2.19. The summed E-state index contributed by atoms with van der Waals surface area (Å²) in [7, 11) is 1.29. The number of aromatic amines is 1. The van der Waals surface area contributed by atoms with Crippen LogP contribution in [0.2, 0.25) is 0 Å². The molecule has 0 saturated carbocycles. The summed E-state index contributed by atoms with van der Waals surface area (Å²) in [6.45, 7) is 2.44. The maximum absolute atomic E-state index is 12.1. The molecule has 1 amide bonds. The van der Waals surface area contributed by atoms with Gasteiger partial charge in [-0.3, -0.25) is 14.4 Å². The van der Waals surface area contributed by atoms with Crippen molar-refractivity contribution in [2.24, 2.45) is 0 Å². The molecule has 1 N–H and O–H groups in total. The van der Waals surface area contributed by atoms with Crippen LogP contribution in [-0.2, 0) is 9.53 Å². The lowest BCUT2D eigenvalue weighted by molar-refractivity contribution is -0.140. The first-order valence-electron chi connectivity index (χ1n) is 5.64. The lowest BCUT2D eigenvalue weighted by Crippen LogP contribution is -2.36. The van der Waals surface area contributed by atoms with Gasteiger partial charge in [0.2, 0.25) is 0 Å². The third kappa shape index (κ3) is 3.44. The predicted octanol–water partition coefficient (Wildman–Crippen LogP) is 0.400. The summed E-state index contributed by atoms with van der Waals surface area (Å²) in [4.78, 5) is 38.4. The fourth-order valence-electron chi connectivity index (χ4n) is 1.49. The average Bonchev–Trinajstić information content (AvgIpc) is 2.39. The molecule has 18 heavy (non-hydrogen) atoms. The first-order chi connectivity index (χ1) is 8.60. The van der Waals surface area contributed by atoms with Crippen LogP contribution in [-0.4, -0.2) is 42.0 Å². The predicted molar refractivity (Wildman–Crippen MR) is 65.3 cm³/mol. The van der Waals surface area contributed by atoms with Crippen LogP contribution in [0.5, 0.6) is 0 Å². The van der Waals surface area contributed by atoms with E-state index in [9.17, 15) is 14.4 Å². The number of carbonyl (C=O) groups is 2. The SMILES string of the molecule is CCN(CCC(=O)OC)C(=O)c1ccc[nH]c1=O. The second kappa shape index (κ2) is 6.58. The first kappa shape index (κ1) is 14.0. The summed E-state index contributed by atoms with van der Waals surface area (Å²) in [5.41, 5.74) is -0.358. The Morgan fingerprint density at radius 3 is 2.72 bits per heavy atom. The van der Waals surface area contributed by atoms with E-state index in [1.54, 1.807) is 13.0 Å². The summed E-state index contributed by atoms with van der Waals surface area (Å²) >= 11 is 0. The molecule has 0 bridgehead atoms. The van der Waals surface area contributed by atoms with Crippen molar-refractivity contribution in [3.05, 3.63) is 34.2 Å². The molecular weight excluding hydrogens is 236 g/mol. The molecule has 6 nitrogen and oxygen atoms in total. The number of carbonyl (C=O) groups excluding carboxylic acids is 2. The minimum Gasteiger partial charge on any atom is -0.469 e. The summed E-state index contributed by atoms with van der Waals surface area (Å²) in [5.74, 6) is -0.772. The van der Waals surface area contributed by atoms with E-state index >= 15 is 0 Å². The summed E-state index contributed by atoms with van der Waals surface area (Å²) in [5, 5.41) is 0. The van der Waals surface area contributed by atoms with Crippen molar-refractivity contribution in [3.63, 3.8) is 0 Å². The van der Waals surface area contributed by atoms with Gasteiger partial charge in [0.25, 0.3) is 11.5 Å². The standard InChI is InChI=1S/C12H16N2O4/c1-3-14(8-6-10(15)18-2)12(17)9-5-4-7-13-11(9)16/h4-5,7H,3,6,8H2,1-2H3,(H,13,16). The monoisotopic (exact) mass is 252 g/mol. The van der Waals surface area contributed by atoms with E-state index in [-0.39, 0.29) is 30.4 Å². The number of amides is 1. The molecule has 0 unspecified atom stereocenters. The summed E-state index contributed by atoms with van der Waals surface area (Å²) < 4.78 is 4.51. The maximum Gasteiger partial charge on any atom is 0.307 e. The molecule has 98 valence electrons. The number of H-pyrrole nitrogens is 1. The summed E-state index contributed by atoms with van der Waals surface area (Å²) in [6.07, 6.45) is 1.57. The fraction of sp³-hybridized carbons (Fsp3) is 0.417. The van der Waals surface area contributed by atoms with Gasteiger partial charge in [0.1, 0.15) is 5.56 Å². The van der Waals surface area contributed by atoms with Crippen molar-refractivity contribution in [1.29, 1.82) is 0 Å². The van der Waals surface area contributed by atoms with Crippen LogP contribution in [0.25, 0.3) is 0 Å². The number of methoxy groups -OCH3 is 1. The molecule has 0 fully saturated rings. The molecule has 0 aliphatic carbocycles. The van der Waals surface area contributed by atoms with Crippen LogP contribution >= 0.6 is 0 Å². The molecule has 0 spiro atoms. The average molecular weight is 252 g/mol. The third-order valence-electron chi connectivity index (χ3n) is 2.53. The molecule has 6 heteroatoms. The Balaban J connectivity index is 2.77. The second-order valence-corrected chi connectivity index (χ2v) is 3.62. The Kier molecular flexibility index (Phi) is 5.10. The molecule has 0 aliphatic heterocycles. The van der Waals surface area contributed by atoms with Gasteiger partial charge in [-0.25, -0.2) is 0 Å². The van der Waals surface area contributed by atoms with Gasteiger partial charge < -0.3 is 14.6 Å². The maximum atomic E-state index is 12.1. The summed E-state index contributed by atoms with van der Waals surface area (Å²) in [6, 6.07) is 3.05. The minimum absolute atomic E-state index is 0.0733. The number of aromatic nitrogens is 1. The van der Waals surface area contributed by atoms with Crippen LogP contribution in [0.3, 0.4) is 0 Å². The minimum atomic E-state index is -0.431. The highest BCUT2D eigenvalue weighted by molar-refractivity contribution is 5.94. The van der Waals surface area contributed by atoms with Gasteiger partial charge >= 0.3 is 5.97 Å². The Morgan fingerprint density at radius 2 is 2.17 bits per heavy atom. The van der Waals surface area contributed by atoms with Crippen LogP contribution in [0.1, 0.15) is 23.7 Å². The zero-order valence-corrected chi connectivity index (χ0v) is 10.4. The number of nitrogens with one attached hydrogen (secondary N) is 1. The number of hydrogen-bond acceptors (Lipinski definition) is 4. The van der Waals surface area contributed by atoms with Gasteiger partial charge in [0.15, 0.2) is 0 Å². The van der Waals surface area contributed by atoms with Crippen molar-refractivity contribution in [1.82, 2.24) is 9.88 Å². The van der Waals surface area contributed by atoms with Crippen molar-refractivity contribution in [2.45, 2.75) is 13.3 Å². The van der Waals surface area contributed by atoms with E-state index in [2.05, 4.69) is 9.72 Å². The topological polar surface area (TPSA) is 79.5 Å².